The van der Waals surface area contributed by atoms with E-state index < -0.39 is 0 Å². The molecule has 0 unspecified atom stereocenters. The number of para-hydroxylation sites is 2. The lowest BCUT2D eigenvalue weighted by atomic mass is 9.83. The zero-order valence-electron chi connectivity index (χ0n) is 17.7. The molecule has 0 saturated heterocycles. The summed E-state index contributed by atoms with van der Waals surface area (Å²) in [5.74, 6) is 0.246. The maximum absolute atomic E-state index is 10.8. The summed E-state index contributed by atoms with van der Waals surface area (Å²) >= 11 is 6.39. The first-order valence-electron chi connectivity index (χ1n) is 9.84. The molecule has 158 valence electrons. The number of aromatic hydroxyl groups is 1. The van der Waals surface area contributed by atoms with E-state index in [4.69, 9.17) is 11.6 Å². The van der Waals surface area contributed by atoms with Crippen molar-refractivity contribution in [3.63, 3.8) is 0 Å². The number of fused-ring (bicyclic) bond motifs is 2. The van der Waals surface area contributed by atoms with Crippen LogP contribution in [-0.2, 0) is 5.41 Å². The molecule has 5 aromatic rings. The molecule has 0 radical (unpaired) electrons. The van der Waals surface area contributed by atoms with Crippen LogP contribution in [0.4, 0.5) is 0 Å². The van der Waals surface area contributed by atoms with Gasteiger partial charge in [-0.3, -0.25) is 0 Å². The second kappa shape index (κ2) is 8.00. The molecule has 3 N–H and O–H groups in total. The quantitative estimate of drug-likeness (QED) is 0.321. The fourth-order valence-electron chi connectivity index (χ4n) is 3.47. The number of aromatic nitrogens is 6. The SMILES string of the molecule is Cc1cc(-c2c(Cl)ccc3n[nH]nc23)c(O)c(C(C)(C)C)c1.c1ccc2n[nH]nc2c1. The summed E-state index contributed by atoms with van der Waals surface area (Å²) < 4.78 is 0. The highest BCUT2D eigenvalue weighted by atomic mass is 35.5. The van der Waals surface area contributed by atoms with E-state index in [2.05, 4.69) is 51.6 Å². The maximum Gasteiger partial charge on any atom is 0.127 e. The van der Waals surface area contributed by atoms with E-state index in [-0.39, 0.29) is 11.2 Å². The number of halogens is 1. The van der Waals surface area contributed by atoms with Crippen molar-refractivity contribution in [1.29, 1.82) is 0 Å². The Labute approximate surface area is 184 Å². The van der Waals surface area contributed by atoms with Crippen LogP contribution in [0.5, 0.6) is 5.75 Å². The molecule has 7 nitrogen and oxygen atoms in total. The number of H-pyrrole nitrogens is 2. The van der Waals surface area contributed by atoms with Crippen molar-refractivity contribution in [2.75, 3.05) is 0 Å². The molecule has 0 atom stereocenters. The van der Waals surface area contributed by atoms with E-state index in [9.17, 15) is 5.11 Å². The number of phenols is 1. The molecule has 0 aliphatic heterocycles. The Hall–Kier alpha value is -3.45. The van der Waals surface area contributed by atoms with Gasteiger partial charge in [-0.2, -0.15) is 30.8 Å². The van der Waals surface area contributed by atoms with Crippen LogP contribution in [-0.4, -0.2) is 35.9 Å². The van der Waals surface area contributed by atoms with Crippen LogP contribution in [0.25, 0.3) is 33.2 Å². The Kier molecular flexibility index (Phi) is 5.37. The fraction of sp³-hybridized carbons (Fsp3) is 0.217. The third-order valence-electron chi connectivity index (χ3n) is 4.99. The number of hydrogen-bond donors (Lipinski definition) is 3. The van der Waals surface area contributed by atoms with Gasteiger partial charge in [0.1, 0.15) is 27.8 Å². The summed E-state index contributed by atoms with van der Waals surface area (Å²) in [5, 5.41) is 32.5. The molecule has 3 aromatic carbocycles. The van der Waals surface area contributed by atoms with Crippen LogP contribution in [0.1, 0.15) is 31.9 Å². The normalized spacial score (nSPS) is 11.5. The first kappa shape index (κ1) is 20.8. The van der Waals surface area contributed by atoms with Crippen molar-refractivity contribution in [1.82, 2.24) is 30.8 Å². The van der Waals surface area contributed by atoms with E-state index in [1.165, 1.54) is 0 Å². The molecule has 31 heavy (non-hydrogen) atoms. The van der Waals surface area contributed by atoms with E-state index in [0.717, 1.165) is 27.7 Å². The number of aromatic amines is 2. The van der Waals surface area contributed by atoms with Crippen LogP contribution in [0.15, 0.2) is 48.5 Å². The number of aryl methyl sites for hydroxylation is 1. The van der Waals surface area contributed by atoms with Crippen molar-refractivity contribution in [2.45, 2.75) is 33.1 Å². The van der Waals surface area contributed by atoms with Gasteiger partial charge in [-0.15, -0.1) is 0 Å². The van der Waals surface area contributed by atoms with Gasteiger partial charge in [0.15, 0.2) is 0 Å². The lowest BCUT2D eigenvalue weighted by molar-refractivity contribution is 0.448. The standard InChI is InChI=1S/C17H18ClN3O.C6H5N3/c1-9-7-10(16(22)11(8-9)17(2,3)4)14-12(18)5-6-13-15(14)20-21-19-13;1-2-4-6-5(3-1)7-9-8-6/h5-8,22H,1-4H3,(H,19,20,21);1-4H,(H,7,8,9). The number of nitrogens with one attached hydrogen (secondary N) is 2. The van der Waals surface area contributed by atoms with Crippen LogP contribution in [0.2, 0.25) is 5.02 Å². The summed E-state index contributed by atoms with van der Waals surface area (Å²) in [5.41, 5.74) is 6.39. The molecule has 0 fully saturated rings. The second-order valence-electron chi connectivity index (χ2n) is 8.38. The summed E-state index contributed by atoms with van der Waals surface area (Å²) in [6.07, 6.45) is 0. The van der Waals surface area contributed by atoms with Gasteiger partial charge in [0.2, 0.25) is 0 Å². The Morgan fingerprint density at radius 1 is 0.839 bits per heavy atom. The highest BCUT2D eigenvalue weighted by molar-refractivity contribution is 6.35. The fourth-order valence-corrected chi connectivity index (χ4v) is 3.73. The topological polar surface area (TPSA) is 103 Å². The monoisotopic (exact) mass is 434 g/mol. The molecule has 0 bridgehead atoms. The molecule has 2 aromatic heterocycles. The smallest absolute Gasteiger partial charge is 0.127 e. The lowest BCUT2D eigenvalue weighted by Gasteiger charge is -2.23. The predicted molar refractivity (Wildman–Crippen MR) is 123 cm³/mol. The number of rotatable bonds is 1. The molecule has 2 heterocycles. The lowest BCUT2D eigenvalue weighted by Crippen LogP contribution is -2.12. The minimum atomic E-state index is -0.172. The third-order valence-corrected chi connectivity index (χ3v) is 5.31. The van der Waals surface area contributed by atoms with Crippen molar-refractivity contribution >= 4 is 33.7 Å². The summed E-state index contributed by atoms with van der Waals surface area (Å²) in [6.45, 7) is 8.23. The molecule has 0 aliphatic carbocycles. The zero-order chi connectivity index (χ0) is 22.2. The molecule has 0 amide bonds. The largest absolute Gasteiger partial charge is 0.507 e. The Morgan fingerprint density at radius 3 is 2.10 bits per heavy atom. The molecule has 0 spiro atoms. The van der Waals surface area contributed by atoms with Gasteiger partial charge in [-0.1, -0.05) is 50.6 Å². The predicted octanol–water partition coefficient (Wildman–Crippen LogP) is 5.55. The summed E-state index contributed by atoms with van der Waals surface area (Å²) in [4.78, 5) is 0. The Morgan fingerprint density at radius 2 is 1.45 bits per heavy atom. The van der Waals surface area contributed by atoms with Gasteiger partial charge >= 0.3 is 0 Å². The Balaban J connectivity index is 0.000000212. The second-order valence-corrected chi connectivity index (χ2v) is 8.79. The van der Waals surface area contributed by atoms with Crippen molar-refractivity contribution < 1.29 is 5.11 Å². The maximum atomic E-state index is 10.8. The number of nitrogens with zero attached hydrogens (tertiary/aromatic N) is 4. The number of hydrogen-bond acceptors (Lipinski definition) is 5. The van der Waals surface area contributed by atoms with Crippen molar-refractivity contribution in [2.24, 2.45) is 0 Å². The minimum absolute atomic E-state index is 0.172. The molecule has 5 rings (SSSR count). The molecule has 0 aliphatic rings. The first-order chi connectivity index (χ1) is 14.8. The van der Waals surface area contributed by atoms with Crippen molar-refractivity contribution in [3.05, 3.63) is 64.7 Å². The van der Waals surface area contributed by atoms with E-state index in [1.807, 2.05) is 49.4 Å². The summed E-state index contributed by atoms with van der Waals surface area (Å²) in [6, 6.07) is 15.2. The van der Waals surface area contributed by atoms with Gasteiger partial charge in [0.25, 0.3) is 0 Å². The first-order valence-corrected chi connectivity index (χ1v) is 10.2. The van der Waals surface area contributed by atoms with Gasteiger partial charge < -0.3 is 5.11 Å². The van der Waals surface area contributed by atoms with Gasteiger partial charge in [0.05, 0.1) is 5.02 Å². The van der Waals surface area contributed by atoms with E-state index in [0.29, 0.717) is 21.7 Å². The average molecular weight is 435 g/mol. The van der Waals surface area contributed by atoms with Crippen LogP contribution < -0.4 is 0 Å². The highest BCUT2D eigenvalue weighted by Gasteiger charge is 2.23. The number of phenolic OH excluding ortho intramolecular Hbond substituents is 1. The van der Waals surface area contributed by atoms with E-state index >= 15 is 0 Å². The van der Waals surface area contributed by atoms with Crippen LogP contribution in [0, 0.1) is 6.92 Å². The van der Waals surface area contributed by atoms with Gasteiger partial charge in [0, 0.05) is 16.7 Å². The van der Waals surface area contributed by atoms with Crippen molar-refractivity contribution in [3.8, 4) is 16.9 Å². The third kappa shape index (κ3) is 4.09. The average Bonchev–Trinajstić information content (AvgIpc) is 3.38. The summed E-state index contributed by atoms with van der Waals surface area (Å²) in [7, 11) is 0. The van der Waals surface area contributed by atoms with Crippen LogP contribution in [0.3, 0.4) is 0 Å². The zero-order valence-corrected chi connectivity index (χ0v) is 18.5. The number of benzene rings is 3. The van der Waals surface area contributed by atoms with Crippen LogP contribution >= 0.6 is 11.6 Å². The Bertz CT molecular complexity index is 1340. The molecular formula is C23H23ClN6O. The van der Waals surface area contributed by atoms with E-state index in [1.54, 1.807) is 6.07 Å². The molecule has 8 heteroatoms. The minimum Gasteiger partial charge on any atom is -0.507 e. The van der Waals surface area contributed by atoms with Gasteiger partial charge in [-0.05, 0) is 48.2 Å². The molecule has 0 saturated carbocycles. The van der Waals surface area contributed by atoms with Gasteiger partial charge in [-0.25, -0.2) is 0 Å². The molecular weight excluding hydrogens is 412 g/mol. The highest BCUT2D eigenvalue weighted by Crippen LogP contribution is 2.43.